The Bertz CT molecular complexity index is 697. The van der Waals surface area contributed by atoms with Crippen molar-refractivity contribution in [3.8, 4) is 11.5 Å². The minimum Gasteiger partial charge on any atom is -0.459 e. The molecule has 0 bridgehead atoms. The molecule has 6 heteroatoms. The van der Waals surface area contributed by atoms with Crippen molar-refractivity contribution < 1.29 is 19.0 Å². The van der Waals surface area contributed by atoms with E-state index in [2.05, 4.69) is 4.98 Å². The van der Waals surface area contributed by atoms with Crippen molar-refractivity contribution in [3.05, 3.63) is 23.8 Å². The van der Waals surface area contributed by atoms with Gasteiger partial charge in [-0.05, 0) is 26.0 Å². The van der Waals surface area contributed by atoms with E-state index in [1.165, 1.54) is 0 Å². The number of esters is 1. The summed E-state index contributed by atoms with van der Waals surface area (Å²) in [6, 6.07) is 5.17. The van der Waals surface area contributed by atoms with Gasteiger partial charge in [-0.2, -0.15) is 0 Å². The maximum absolute atomic E-state index is 12.0. The van der Waals surface area contributed by atoms with Crippen molar-refractivity contribution >= 4 is 22.7 Å². The van der Waals surface area contributed by atoms with Crippen LogP contribution < -0.4 is 15.2 Å². The van der Waals surface area contributed by atoms with E-state index in [0.717, 1.165) is 5.39 Å². The first-order valence-electron chi connectivity index (χ1n) is 6.25. The lowest BCUT2D eigenvalue weighted by Crippen LogP contribution is -2.14. The Kier molecular flexibility index (Phi) is 2.85. The minimum atomic E-state index is -0.482. The Morgan fingerprint density at radius 1 is 1.30 bits per heavy atom. The summed E-state index contributed by atoms with van der Waals surface area (Å²) < 4.78 is 15.7. The smallest absolute Gasteiger partial charge is 0.342 e. The van der Waals surface area contributed by atoms with E-state index in [-0.39, 0.29) is 24.3 Å². The fraction of sp³-hybridized carbons (Fsp3) is 0.286. The van der Waals surface area contributed by atoms with Gasteiger partial charge in [-0.25, -0.2) is 9.78 Å². The number of anilines is 1. The number of aromatic nitrogens is 1. The van der Waals surface area contributed by atoms with Crippen molar-refractivity contribution in [3.63, 3.8) is 0 Å². The predicted molar refractivity (Wildman–Crippen MR) is 72.8 cm³/mol. The molecular weight excluding hydrogens is 260 g/mol. The van der Waals surface area contributed by atoms with Crippen LogP contribution in [0, 0.1) is 0 Å². The Balaban J connectivity index is 2.09. The maximum Gasteiger partial charge on any atom is 0.342 e. The van der Waals surface area contributed by atoms with E-state index in [1.807, 2.05) is 0 Å². The lowest BCUT2D eigenvalue weighted by Gasteiger charge is -2.10. The third-order valence-electron chi connectivity index (χ3n) is 2.90. The summed E-state index contributed by atoms with van der Waals surface area (Å²) in [6.45, 7) is 3.74. The first-order chi connectivity index (χ1) is 9.54. The number of ether oxygens (including phenoxy) is 3. The van der Waals surface area contributed by atoms with Crippen LogP contribution in [0.5, 0.6) is 11.5 Å². The van der Waals surface area contributed by atoms with Gasteiger partial charge in [0, 0.05) is 11.5 Å². The average Bonchev–Trinajstić information content (AvgIpc) is 2.81. The standard InChI is InChI=1S/C14H14N2O4/c1-7(2)20-14(17)9-3-8-4-11-12(19-6-18-11)5-10(8)16-13(9)15/h3-5,7H,6H2,1-2H3,(H2,15,16). The molecule has 0 aliphatic carbocycles. The van der Waals surface area contributed by atoms with Gasteiger partial charge < -0.3 is 19.9 Å². The Hall–Kier alpha value is -2.50. The molecule has 6 nitrogen and oxygen atoms in total. The molecule has 0 atom stereocenters. The zero-order valence-electron chi connectivity index (χ0n) is 11.2. The largest absolute Gasteiger partial charge is 0.459 e. The molecule has 1 aliphatic heterocycles. The number of carbonyl (C=O) groups is 1. The molecule has 0 radical (unpaired) electrons. The average molecular weight is 274 g/mol. The van der Waals surface area contributed by atoms with Gasteiger partial charge in [-0.3, -0.25) is 0 Å². The van der Waals surface area contributed by atoms with Gasteiger partial charge >= 0.3 is 5.97 Å². The quantitative estimate of drug-likeness (QED) is 0.844. The number of hydrogen-bond acceptors (Lipinski definition) is 6. The topological polar surface area (TPSA) is 83.7 Å². The molecule has 2 aromatic rings. The molecule has 2 heterocycles. The van der Waals surface area contributed by atoms with Crippen LogP contribution in [0.25, 0.3) is 10.9 Å². The third-order valence-corrected chi connectivity index (χ3v) is 2.90. The molecule has 1 aliphatic rings. The second-order valence-corrected chi connectivity index (χ2v) is 4.77. The van der Waals surface area contributed by atoms with E-state index < -0.39 is 5.97 Å². The Morgan fingerprint density at radius 3 is 2.70 bits per heavy atom. The lowest BCUT2D eigenvalue weighted by molar-refractivity contribution is 0.0379. The predicted octanol–water partition coefficient (Wildman–Crippen LogP) is 2.11. The first kappa shape index (κ1) is 12.5. The maximum atomic E-state index is 12.0. The Morgan fingerprint density at radius 2 is 2.00 bits per heavy atom. The van der Waals surface area contributed by atoms with Crippen LogP contribution in [0.15, 0.2) is 18.2 Å². The van der Waals surface area contributed by atoms with Crippen molar-refractivity contribution in [1.29, 1.82) is 0 Å². The van der Waals surface area contributed by atoms with E-state index >= 15 is 0 Å². The normalized spacial score (nSPS) is 12.9. The molecule has 0 spiro atoms. The van der Waals surface area contributed by atoms with Crippen LogP contribution in [0.4, 0.5) is 5.82 Å². The number of nitrogens with zero attached hydrogens (tertiary/aromatic N) is 1. The van der Waals surface area contributed by atoms with Crippen molar-refractivity contribution in [2.45, 2.75) is 20.0 Å². The van der Waals surface area contributed by atoms with Gasteiger partial charge in [-0.1, -0.05) is 0 Å². The monoisotopic (exact) mass is 274 g/mol. The van der Waals surface area contributed by atoms with Crippen LogP contribution in [-0.4, -0.2) is 23.9 Å². The number of nitrogen functional groups attached to an aromatic ring is 1. The van der Waals surface area contributed by atoms with Crippen molar-refractivity contribution in [2.75, 3.05) is 12.5 Å². The zero-order valence-corrected chi connectivity index (χ0v) is 11.2. The third kappa shape index (κ3) is 2.09. The molecule has 2 N–H and O–H groups in total. The number of fused-ring (bicyclic) bond motifs is 2. The molecule has 0 saturated heterocycles. The van der Waals surface area contributed by atoms with Crippen LogP contribution >= 0.6 is 0 Å². The molecule has 1 aromatic heterocycles. The van der Waals surface area contributed by atoms with E-state index in [1.54, 1.807) is 32.0 Å². The number of benzene rings is 1. The van der Waals surface area contributed by atoms with Gasteiger partial charge in [0.1, 0.15) is 11.4 Å². The molecule has 0 unspecified atom stereocenters. The molecule has 0 saturated carbocycles. The summed E-state index contributed by atoms with van der Waals surface area (Å²) in [6.07, 6.45) is -0.214. The molecule has 20 heavy (non-hydrogen) atoms. The van der Waals surface area contributed by atoms with Crippen LogP contribution in [-0.2, 0) is 4.74 Å². The van der Waals surface area contributed by atoms with Gasteiger partial charge in [0.05, 0.1) is 11.6 Å². The van der Waals surface area contributed by atoms with Gasteiger partial charge in [0.15, 0.2) is 11.5 Å². The summed E-state index contributed by atoms with van der Waals surface area (Å²) in [5, 5.41) is 0.749. The second kappa shape index (κ2) is 4.56. The van der Waals surface area contributed by atoms with Gasteiger partial charge in [0.2, 0.25) is 6.79 Å². The molecule has 104 valence electrons. The lowest BCUT2D eigenvalue weighted by atomic mass is 10.1. The summed E-state index contributed by atoms with van der Waals surface area (Å²) >= 11 is 0. The summed E-state index contributed by atoms with van der Waals surface area (Å²) in [5.41, 5.74) is 6.73. The Labute approximate surface area is 115 Å². The van der Waals surface area contributed by atoms with Crippen molar-refractivity contribution in [2.24, 2.45) is 0 Å². The second-order valence-electron chi connectivity index (χ2n) is 4.77. The fourth-order valence-corrected chi connectivity index (χ4v) is 2.02. The van der Waals surface area contributed by atoms with E-state index in [0.29, 0.717) is 17.0 Å². The van der Waals surface area contributed by atoms with Crippen LogP contribution in [0.1, 0.15) is 24.2 Å². The number of carbonyl (C=O) groups excluding carboxylic acids is 1. The fourth-order valence-electron chi connectivity index (χ4n) is 2.02. The van der Waals surface area contributed by atoms with Crippen molar-refractivity contribution in [1.82, 2.24) is 4.98 Å². The highest BCUT2D eigenvalue weighted by atomic mass is 16.7. The molecule has 3 rings (SSSR count). The van der Waals surface area contributed by atoms with Gasteiger partial charge in [-0.15, -0.1) is 0 Å². The highest BCUT2D eigenvalue weighted by Crippen LogP contribution is 2.36. The highest BCUT2D eigenvalue weighted by molar-refractivity contribution is 5.99. The van der Waals surface area contributed by atoms with E-state index in [9.17, 15) is 4.79 Å². The molecule has 0 fully saturated rings. The number of nitrogens with two attached hydrogens (primary N) is 1. The van der Waals surface area contributed by atoms with Crippen LogP contribution in [0.3, 0.4) is 0 Å². The summed E-state index contributed by atoms with van der Waals surface area (Å²) in [4.78, 5) is 16.2. The molecule has 1 aromatic carbocycles. The summed E-state index contributed by atoms with van der Waals surface area (Å²) in [7, 11) is 0. The number of hydrogen-bond donors (Lipinski definition) is 1. The highest BCUT2D eigenvalue weighted by Gasteiger charge is 2.19. The number of pyridine rings is 1. The van der Waals surface area contributed by atoms with Crippen LogP contribution in [0.2, 0.25) is 0 Å². The van der Waals surface area contributed by atoms with E-state index in [4.69, 9.17) is 19.9 Å². The SMILES string of the molecule is CC(C)OC(=O)c1cc2cc3c(cc2nc1N)OCO3. The first-order valence-corrected chi connectivity index (χ1v) is 6.25. The minimum absolute atomic E-state index is 0.141. The number of rotatable bonds is 2. The molecule has 0 amide bonds. The zero-order chi connectivity index (χ0) is 14.3. The van der Waals surface area contributed by atoms with Gasteiger partial charge in [0.25, 0.3) is 0 Å². The molecular formula is C14H14N2O4. The summed E-state index contributed by atoms with van der Waals surface area (Å²) in [5.74, 6) is 0.917.